The zero-order valence-corrected chi connectivity index (χ0v) is 15.8. The second-order valence-electron chi connectivity index (χ2n) is 6.63. The van der Waals surface area contributed by atoms with E-state index < -0.39 is 6.36 Å². The normalized spacial score (nSPS) is 19.3. The van der Waals surface area contributed by atoms with Gasteiger partial charge in [0.25, 0.3) is 0 Å². The van der Waals surface area contributed by atoms with Crippen LogP contribution in [-0.2, 0) is 4.79 Å². The van der Waals surface area contributed by atoms with Crippen LogP contribution in [0.1, 0.15) is 30.1 Å². The minimum absolute atomic E-state index is 0.0440. The molecule has 1 N–H and O–H groups in total. The van der Waals surface area contributed by atoms with E-state index in [1.54, 1.807) is 11.3 Å². The van der Waals surface area contributed by atoms with Crippen molar-refractivity contribution in [1.82, 2.24) is 10.2 Å². The van der Waals surface area contributed by atoms with Crippen molar-refractivity contribution in [2.24, 2.45) is 5.92 Å². The number of halogens is 3. The average molecular weight is 423 g/mol. The first-order valence-electron chi connectivity index (χ1n) is 8.93. The average Bonchev–Trinajstić information content (AvgIpc) is 3.42. The van der Waals surface area contributed by atoms with Gasteiger partial charge in [0.1, 0.15) is 5.75 Å². The molecule has 2 atom stereocenters. The summed E-state index contributed by atoms with van der Waals surface area (Å²) in [5.74, 6) is -0.429. The monoisotopic (exact) mass is 423 g/mol. The molecule has 0 spiro atoms. The van der Waals surface area contributed by atoms with E-state index >= 15 is 0 Å². The summed E-state index contributed by atoms with van der Waals surface area (Å²) < 4.78 is 46.0. The van der Waals surface area contributed by atoms with Crippen molar-refractivity contribution < 1.29 is 27.1 Å². The van der Waals surface area contributed by atoms with Gasteiger partial charge in [0.15, 0.2) is 0 Å². The Kier molecular flexibility index (Phi) is 5.27. The van der Waals surface area contributed by atoms with Gasteiger partial charge in [-0.1, -0.05) is 17.6 Å². The second kappa shape index (κ2) is 7.86. The van der Waals surface area contributed by atoms with E-state index in [4.69, 9.17) is 4.42 Å². The Morgan fingerprint density at radius 3 is 2.66 bits per heavy atom. The molecule has 1 amide bonds. The lowest BCUT2D eigenvalue weighted by Gasteiger charge is -2.16. The molecule has 0 bridgehead atoms. The molecule has 2 heterocycles. The summed E-state index contributed by atoms with van der Waals surface area (Å²) in [5.41, 5.74) is 0.407. The van der Waals surface area contributed by atoms with Crippen molar-refractivity contribution in [1.29, 1.82) is 0 Å². The van der Waals surface area contributed by atoms with Crippen LogP contribution in [0.15, 0.2) is 46.2 Å². The summed E-state index contributed by atoms with van der Waals surface area (Å²) >= 11 is 1.64. The number of hydrogen-bond acceptors (Lipinski definition) is 6. The molecule has 0 aliphatic heterocycles. The third-order valence-electron chi connectivity index (χ3n) is 4.75. The number of carbonyl (C=O) groups is 1. The van der Waals surface area contributed by atoms with Gasteiger partial charge in [-0.2, -0.15) is 0 Å². The number of alkyl halides is 3. The molecule has 152 valence electrons. The number of nitrogens with one attached hydrogen (secondary N) is 1. The first kappa shape index (κ1) is 19.4. The minimum atomic E-state index is -4.76. The van der Waals surface area contributed by atoms with Crippen LogP contribution in [0.3, 0.4) is 0 Å². The topological polar surface area (TPSA) is 77.2 Å². The van der Waals surface area contributed by atoms with Crippen LogP contribution in [-0.4, -0.2) is 22.5 Å². The van der Waals surface area contributed by atoms with Gasteiger partial charge in [0.2, 0.25) is 11.8 Å². The molecular formula is C19H16F3N3O3S. The molecule has 1 aliphatic rings. The predicted octanol–water partition coefficient (Wildman–Crippen LogP) is 5.22. The quantitative estimate of drug-likeness (QED) is 0.609. The minimum Gasteiger partial charge on any atom is -0.406 e. The maximum Gasteiger partial charge on any atom is 0.573 e. The van der Waals surface area contributed by atoms with Crippen LogP contribution in [0.4, 0.5) is 19.2 Å². The molecule has 1 aliphatic carbocycles. The molecular weight excluding hydrogens is 407 g/mol. The van der Waals surface area contributed by atoms with Crippen LogP contribution in [0.2, 0.25) is 0 Å². The number of carbonyl (C=O) groups excluding carboxylic acids is 1. The van der Waals surface area contributed by atoms with Crippen molar-refractivity contribution in [3.63, 3.8) is 0 Å². The van der Waals surface area contributed by atoms with Gasteiger partial charge in [-0.25, -0.2) is 0 Å². The van der Waals surface area contributed by atoms with Gasteiger partial charge < -0.3 is 9.15 Å². The molecule has 29 heavy (non-hydrogen) atoms. The number of rotatable bonds is 5. The standard InChI is InChI=1S/C19H16F3N3O3S/c20-19(21,22)28-12-8-6-11(7-9-12)17-24-25-18(27-17)23-16(26)14-4-1-3-13(14)15-5-2-10-29-15/h2,5-10,13-14H,1,3-4H2,(H,23,25,26). The maximum absolute atomic E-state index is 12.7. The molecule has 0 saturated heterocycles. The summed E-state index contributed by atoms with van der Waals surface area (Å²) in [6.45, 7) is 0. The van der Waals surface area contributed by atoms with Crippen LogP contribution in [0.5, 0.6) is 5.75 Å². The number of nitrogens with zero attached hydrogens (tertiary/aromatic N) is 2. The van der Waals surface area contributed by atoms with Gasteiger partial charge in [-0.15, -0.1) is 29.6 Å². The van der Waals surface area contributed by atoms with Crippen molar-refractivity contribution >= 4 is 23.3 Å². The number of ether oxygens (including phenoxy) is 1. The van der Waals surface area contributed by atoms with Crippen LogP contribution in [0, 0.1) is 5.92 Å². The van der Waals surface area contributed by atoms with Crippen LogP contribution in [0.25, 0.3) is 11.5 Å². The van der Waals surface area contributed by atoms with Crippen molar-refractivity contribution in [2.75, 3.05) is 5.32 Å². The lowest BCUT2D eigenvalue weighted by atomic mass is 9.94. The fraction of sp³-hybridized carbons (Fsp3) is 0.316. The molecule has 1 saturated carbocycles. The van der Waals surface area contributed by atoms with Crippen LogP contribution >= 0.6 is 11.3 Å². The van der Waals surface area contributed by atoms with Gasteiger partial charge in [0.05, 0.1) is 0 Å². The fourth-order valence-corrected chi connectivity index (χ4v) is 4.43. The van der Waals surface area contributed by atoms with Crippen molar-refractivity contribution in [2.45, 2.75) is 31.5 Å². The van der Waals surface area contributed by atoms with E-state index in [0.29, 0.717) is 5.56 Å². The van der Waals surface area contributed by atoms with Crippen molar-refractivity contribution in [3.8, 4) is 17.2 Å². The SMILES string of the molecule is O=C(Nc1nnc(-c2ccc(OC(F)(F)F)cc2)o1)C1CCCC1c1cccs1. The third kappa shape index (κ3) is 4.58. The highest BCUT2D eigenvalue weighted by molar-refractivity contribution is 7.10. The van der Waals surface area contributed by atoms with E-state index in [9.17, 15) is 18.0 Å². The third-order valence-corrected chi connectivity index (χ3v) is 5.76. The zero-order valence-electron chi connectivity index (χ0n) is 15.0. The maximum atomic E-state index is 12.7. The molecule has 2 aromatic heterocycles. The number of hydrogen-bond donors (Lipinski definition) is 1. The Labute approximate surface area is 167 Å². The number of amides is 1. The molecule has 6 nitrogen and oxygen atoms in total. The van der Waals surface area contributed by atoms with E-state index in [1.807, 2.05) is 17.5 Å². The predicted molar refractivity (Wildman–Crippen MR) is 99.4 cm³/mol. The Morgan fingerprint density at radius 1 is 1.17 bits per heavy atom. The number of thiophene rings is 1. The van der Waals surface area contributed by atoms with Gasteiger partial charge >= 0.3 is 12.4 Å². The molecule has 3 aromatic rings. The molecule has 0 radical (unpaired) electrons. The van der Waals surface area contributed by atoms with E-state index in [0.717, 1.165) is 31.4 Å². The first-order valence-corrected chi connectivity index (χ1v) is 9.81. The number of anilines is 1. The summed E-state index contributed by atoms with van der Waals surface area (Å²) in [7, 11) is 0. The van der Waals surface area contributed by atoms with E-state index in [1.165, 1.54) is 17.0 Å². The summed E-state index contributed by atoms with van der Waals surface area (Å²) in [5, 5.41) is 12.3. The largest absolute Gasteiger partial charge is 0.573 e. The second-order valence-corrected chi connectivity index (χ2v) is 7.61. The smallest absolute Gasteiger partial charge is 0.406 e. The molecule has 10 heteroatoms. The Bertz CT molecular complexity index is 971. The lowest BCUT2D eigenvalue weighted by molar-refractivity contribution is -0.274. The first-order chi connectivity index (χ1) is 13.9. The van der Waals surface area contributed by atoms with Crippen molar-refractivity contribution in [3.05, 3.63) is 46.7 Å². The summed E-state index contributed by atoms with van der Waals surface area (Å²) in [6, 6.07) is 9.00. The highest BCUT2D eigenvalue weighted by atomic mass is 32.1. The molecule has 1 aromatic carbocycles. The summed E-state index contributed by atoms with van der Waals surface area (Å²) in [6.07, 6.45) is -2.04. The van der Waals surface area contributed by atoms with Gasteiger partial charge in [0, 0.05) is 22.3 Å². The van der Waals surface area contributed by atoms with E-state index in [2.05, 4.69) is 20.3 Å². The molecule has 2 unspecified atom stereocenters. The lowest BCUT2D eigenvalue weighted by Crippen LogP contribution is -2.24. The molecule has 1 fully saturated rings. The van der Waals surface area contributed by atoms with E-state index in [-0.39, 0.29) is 35.4 Å². The summed E-state index contributed by atoms with van der Waals surface area (Å²) in [4.78, 5) is 13.9. The Hall–Kier alpha value is -2.88. The highest BCUT2D eigenvalue weighted by Gasteiger charge is 2.35. The molecule has 4 rings (SSSR count). The Morgan fingerprint density at radius 2 is 1.97 bits per heavy atom. The Balaban J connectivity index is 1.42. The fourth-order valence-electron chi connectivity index (χ4n) is 3.50. The zero-order chi connectivity index (χ0) is 20.4. The number of aromatic nitrogens is 2. The van der Waals surface area contributed by atoms with Gasteiger partial charge in [-0.3, -0.25) is 10.1 Å². The van der Waals surface area contributed by atoms with Gasteiger partial charge in [-0.05, 0) is 48.6 Å². The number of benzene rings is 1. The highest BCUT2D eigenvalue weighted by Crippen LogP contribution is 2.42. The van der Waals surface area contributed by atoms with Crippen LogP contribution < -0.4 is 10.1 Å².